The molecule has 6 nitrogen and oxygen atoms in total. The van der Waals surface area contributed by atoms with E-state index in [4.69, 9.17) is 9.47 Å². The number of amides is 1. The molecule has 0 radical (unpaired) electrons. The first-order valence-corrected chi connectivity index (χ1v) is 15.2. The number of hydrogen-bond acceptors (Lipinski definition) is 5. The summed E-state index contributed by atoms with van der Waals surface area (Å²) in [6.07, 6.45) is 9.81. The van der Waals surface area contributed by atoms with Gasteiger partial charge in [0.1, 0.15) is 6.04 Å². The highest BCUT2D eigenvalue weighted by molar-refractivity contribution is 7.98. The maximum atomic E-state index is 13.3. The van der Waals surface area contributed by atoms with Crippen molar-refractivity contribution in [3.05, 3.63) is 59.2 Å². The number of ether oxygens (including phenoxy) is 2. The van der Waals surface area contributed by atoms with Crippen molar-refractivity contribution in [2.45, 2.75) is 77.5 Å². The fourth-order valence-corrected chi connectivity index (χ4v) is 5.62. The Kier molecular flexibility index (Phi) is 12.6. The van der Waals surface area contributed by atoms with Gasteiger partial charge in [0.25, 0.3) is 5.91 Å². The molecule has 1 aliphatic rings. The molecule has 208 valence electrons. The molecule has 0 saturated heterocycles. The Bertz CT molecular complexity index is 1040. The van der Waals surface area contributed by atoms with E-state index in [1.807, 2.05) is 56.5 Å². The molecule has 0 aromatic heterocycles. The van der Waals surface area contributed by atoms with Gasteiger partial charge in [0.15, 0.2) is 0 Å². The highest BCUT2D eigenvalue weighted by Crippen LogP contribution is 2.30. The van der Waals surface area contributed by atoms with Crippen LogP contribution in [0.1, 0.15) is 73.4 Å². The predicted octanol–water partition coefficient (Wildman–Crippen LogP) is 6.49. The van der Waals surface area contributed by atoms with Crippen LogP contribution in [0.4, 0.5) is 0 Å². The van der Waals surface area contributed by atoms with E-state index >= 15 is 0 Å². The number of aryl methyl sites for hydroxylation is 1. The zero-order valence-electron chi connectivity index (χ0n) is 23.0. The summed E-state index contributed by atoms with van der Waals surface area (Å²) in [7, 11) is 0. The molecule has 0 spiro atoms. The normalized spacial score (nSPS) is 15.7. The van der Waals surface area contributed by atoms with Crippen molar-refractivity contribution >= 4 is 23.6 Å². The number of benzene rings is 2. The minimum atomic E-state index is -1.02. The van der Waals surface area contributed by atoms with E-state index in [0.29, 0.717) is 43.5 Å². The van der Waals surface area contributed by atoms with Crippen molar-refractivity contribution in [3.8, 4) is 11.1 Å². The molecule has 0 heterocycles. The summed E-state index contributed by atoms with van der Waals surface area (Å²) >= 11 is 1.56. The first kappa shape index (κ1) is 30.2. The smallest absolute Gasteiger partial charge is 0.326 e. The van der Waals surface area contributed by atoms with E-state index in [-0.39, 0.29) is 12.0 Å². The molecule has 2 aromatic rings. The lowest BCUT2D eigenvalue weighted by Crippen LogP contribution is -2.41. The second kappa shape index (κ2) is 15.9. The van der Waals surface area contributed by atoms with E-state index in [1.54, 1.807) is 17.8 Å². The van der Waals surface area contributed by atoms with Crippen molar-refractivity contribution in [3.63, 3.8) is 0 Å². The summed E-state index contributed by atoms with van der Waals surface area (Å²) in [6, 6.07) is 12.7. The van der Waals surface area contributed by atoms with Crippen LogP contribution in [0.3, 0.4) is 0 Å². The van der Waals surface area contributed by atoms with Gasteiger partial charge in [-0.15, -0.1) is 0 Å². The van der Waals surface area contributed by atoms with Gasteiger partial charge < -0.3 is 19.9 Å². The van der Waals surface area contributed by atoms with Crippen molar-refractivity contribution < 1.29 is 24.2 Å². The third kappa shape index (κ3) is 9.14. The summed E-state index contributed by atoms with van der Waals surface area (Å²) < 4.78 is 12.1. The lowest BCUT2D eigenvalue weighted by molar-refractivity contribution is -0.139. The average Bonchev–Trinajstić information content (AvgIpc) is 2.93. The zero-order chi connectivity index (χ0) is 27.3. The molecule has 1 saturated carbocycles. The molecule has 2 aromatic carbocycles. The van der Waals surface area contributed by atoms with E-state index in [9.17, 15) is 14.7 Å². The molecule has 0 aliphatic heterocycles. The van der Waals surface area contributed by atoms with E-state index in [0.717, 1.165) is 28.7 Å². The minimum absolute atomic E-state index is 0.0377. The largest absolute Gasteiger partial charge is 0.480 e. The molecule has 2 N–H and O–H groups in total. The fourth-order valence-electron chi connectivity index (χ4n) is 5.15. The summed E-state index contributed by atoms with van der Waals surface area (Å²) in [5.41, 5.74) is 4.21. The number of nitrogens with one attached hydrogen (secondary N) is 1. The molecule has 1 aliphatic carbocycles. The second-order valence-corrected chi connectivity index (χ2v) is 11.2. The average molecular weight is 542 g/mol. The first-order valence-electron chi connectivity index (χ1n) is 13.8. The van der Waals surface area contributed by atoms with Crippen LogP contribution in [0.2, 0.25) is 0 Å². The fraction of sp³-hybridized carbons (Fsp3) is 0.548. The van der Waals surface area contributed by atoms with Gasteiger partial charge in [-0.25, -0.2) is 4.79 Å². The number of carbonyl (C=O) groups excluding carboxylic acids is 1. The molecule has 38 heavy (non-hydrogen) atoms. The third-order valence-corrected chi connectivity index (χ3v) is 7.94. The van der Waals surface area contributed by atoms with Gasteiger partial charge in [-0.1, -0.05) is 62.4 Å². The Labute approximate surface area is 231 Å². The quantitative estimate of drug-likeness (QED) is 0.268. The van der Waals surface area contributed by atoms with Gasteiger partial charge in [-0.3, -0.25) is 4.79 Å². The van der Waals surface area contributed by atoms with Gasteiger partial charge in [-0.2, -0.15) is 11.8 Å². The monoisotopic (exact) mass is 541 g/mol. The molecule has 2 atom stereocenters. The van der Waals surface area contributed by atoms with Crippen molar-refractivity contribution in [1.82, 2.24) is 5.32 Å². The molecule has 0 bridgehead atoms. The van der Waals surface area contributed by atoms with Gasteiger partial charge in [0.2, 0.25) is 0 Å². The summed E-state index contributed by atoms with van der Waals surface area (Å²) in [4.78, 5) is 25.1. The van der Waals surface area contributed by atoms with Crippen molar-refractivity contribution in [2.75, 3.05) is 25.2 Å². The summed E-state index contributed by atoms with van der Waals surface area (Å²) in [6.45, 7) is 5.70. The Balaban J connectivity index is 1.82. The van der Waals surface area contributed by atoms with Crippen LogP contribution in [0.5, 0.6) is 0 Å². The second-order valence-electron chi connectivity index (χ2n) is 10.2. The SMILES string of the molecule is CCOCC(CC1CCCCC1)OCc1ccc(C(=O)N[C@@H](CCSC)C(=O)O)c(-c2ccccc2C)c1. The highest BCUT2D eigenvalue weighted by atomic mass is 32.2. The van der Waals surface area contributed by atoms with Crippen LogP contribution in [-0.4, -0.2) is 54.4 Å². The zero-order valence-corrected chi connectivity index (χ0v) is 23.9. The summed E-state index contributed by atoms with van der Waals surface area (Å²) in [5, 5.41) is 12.4. The van der Waals surface area contributed by atoms with Gasteiger partial charge in [-0.05, 0) is 79.0 Å². The van der Waals surface area contributed by atoms with Crippen LogP contribution in [0.15, 0.2) is 42.5 Å². The van der Waals surface area contributed by atoms with Crippen molar-refractivity contribution in [1.29, 1.82) is 0 Å². The number of carbonyl (C=O) groups is 2. The third-order valence-electron chi connectivity index (χ3n) is 7.29. The molecule has 1 amide bonds. The maximum absolute atomic E-state index is 13.3. The van der Waals surface area contributed by atoms with E-state index < -0.39 is 12.0 Å². The Morgan fingerprint density at radius 1 is 1.11 bits per heavy atom. The first-order chi connectivity index (χ1) is 18.4. The predicted molar refractivity (Wildman–Crippen MR) is 155 cm³/mol. The molecular formula is C31H43NO5S. The number of thioether (sulfide) groups is 1. The Morgan fingerprint density at radius 3 is 2.55 bits per heavy atom. The number of rotatable bonds is 15. The number of hydrogen-bond donors (Lipinski definition) is 2. The maximum Gasteiger partial charge on any atom is 0.326 e. The number of carboxylic acid groups (broad SMARTS) is 1. The molecule has 1 fully saturated rings. The topological polar surface area (TPSA) is 84.9 Å². The number of carboxylic acids is 1. The molecule has 1 unspecified atom stereocenters. The van der Waals surface area contributed by atoms with Gasteiger partial charge >= 0.3 is 5.97 Å². The standard InChI is InChI=1S/C31H43NO5S/c1-4-36-21-25(18-23-11-6-5-7-12-23)37-20-24-14-15-27(28(19-24)26-13-9-8-10-22(26)2)30(33)32-29(31(34)35)16-17-38-3/h8-10,13-15,19,23,25,29H,4-7,11-12,16-18,20-21H2,1-3H3,(H,32,33)(H,34,35)/t25?,29-/m0/s1. The summed E-state index contributed by atoms with van der Waals surface area (Å²) in [5.74, 6) is -0.0536. The molecular weight excluding hydrogens is 498 g/mol. The minimum Gasteiger partial charge on any atom is -0.480 e. The Morgan fingerprint density at radius 2 is 1.87 bits per heavy atom. The highest BCUT2D eigenvalue weighted by Gasteiger charge is 2.24. The van der Waals surface area contributed by atoms with E-state index in [1.165, 1.54) is 32.1 Å². The molecule has 3 rings (SSSR count). The van der Waals surface area contributed by atoms with Crippen LogP contribution in [0.25, 0.3) is 11.1 Å². The van der Waals surface area contributed by atoms with Crippen LogP contribution >= 0.6 is 11.8 Å². The lowest BCUT2D eigenvalue weighted by atomic mass is 9.85. The van der Waals surface area contributed by atoms with Gasteiger partial charge in [0.05, 0.1) is 19.3 Å². The molecule has 7 heteroatoms. The van der Waals surface area contributed by atoms with Crippen molar-refractivity contribution in [2.24, 2.45) is 5.92 Å². The van der Waals surface area contributed by atoms with E-state index in [2.05, 4.69) is 5.32 Å². The van der Waals surface area contributed by atoms with Crippen LogP contribution < -0.4 is 5.32 Å². The Hall–Kier alpha value is -2.35. The number of aliphatic carboxylic acids is 1. The van der Waals surface area contributed by atoms with Gasteiger partial charge in [0, 0.05) is 12.2 Å². The van der Waals surface area contributed by atoms with Crippen LogP contribution in [0, 0.1) is 12.8 Å². The van der Waals surface area contributed by atoms with Crippen LogP contribution in [-0.2, 0) is 20.9 Å². The lowest BCUT2D eigenvalue weighted by Gasteiger charge is -2.26.